The number of rotatable bonds is 4. The van der Waals surface area contributed by atoms with E-state index in [1.165, 1.54) is 20.2 Å². The van der Waals surface area contributed by atoms with Gasteiger partial charge in [-0.2, -0.15) is 0 Å². The molecular weight excluding hydrogens is 334 g/mol. The second-order valence-corrected chi connectivity index (χ2v) is 5.63. The van der Waals surface area contributed by atoms with Gasteiger partial charge in [-0.15, -0.1) is 0 Å². The first-order chi connectivity index (χ1) is 12.5. The van der Waals surface area contributed by atoms with Crippen LogP contribution in [0, 0.1) is 0 Å². The van der Waals surface area contributed by atoms with Gasteiger partial charge in [-0.3, -0.25) is 14.4 Å². The third-order valence-corrected chi connectivity index (χ3v) is 3.80. The molecule has 0 spiro atoms. The number of ether oxygens (including phenoxy) is 1. The molecule has 2 aromatic carbocycles. The molecule has 0 saturated heterocycles. The summed E-state index contributed by atoms with van der Waals surface area (Å²) in [5.74, 6) is -0.178. The minimum Gasteiger partial charge on any atom is -0.495 e. The van der Waals surface area contributed by atoms with E-state index in [4.69, 9.17) is 4.74 Å². The van der Waals surface area contributed by atoms with Crippen molar-refractivity contribution in [3.63, 3.8) is 0 Å². The number of methoxy groups -OCH3 is 1. The van der Waals surface area contributed by atoms with E-state index < -0.39 is 5.91 Å². The monoisotopic (exact) mass is 351 g/mol. The summed E-state index contributed by atoms with van der Waals surface area (Å²) in [6.07, 6.45) is 1.37. The standard InChI is InChI=1S/C19H17N3O4/c1-11(23)21-12-6-8-13(9-7-12)22-19(25)15-10-20-17-14(18(15)24)4-3-5-16(17)26-2/h3-10H,1-2H3,(H,20,24)(H,21,23)(H,22,25). The van der Waals surface area contributed by atoms with Crippen molar-refractivity contribution < 1.29 is 14.3 Å². The molecule has 0 bridgehead atoms. The number of hydrogen-bond donors (Lipinski definition) is 3. The predicted molar refractivity (Wildman–Crippen MR) is 99.8 cm³/mol. The lowest BCUT2D eigenvalue weighted by Crippen LogP contribution is -2.22. The van der Waals surface area contributed by atoms with E-state index in [9.17, 15) is 14.4 Å². The number of aromatic nitrogens is 1. The van der Waals surface area contributed by atoms with Crippen molar-refractivity contribution in [2.45, 2.75) is 6.92 Å². The molecule has 0 unspecified atom stereocenters. The van der Waals surface area contributed by atoms with Crippen molar-refractivity contribution in [3.8, 4) is 5.75 Å². The lowest BCUT2D eigenvalue weighted by atomic mass is 10.1. The summed E-state index contributed by atoms with van der Waals surface area (Å²) >= 11 is 0. The quantitative estimate of drug-likeness (QED) is 0.673. The highest BCUT2D eigenvalue weighted by atomic mass is 16.5. The Hall–Kier alpha value is -3.61. The van der Waals surface area contributed by atoms with Crippen molar-refractivity contribution in [2.75, 3.05) is 17.7 Å². The predicted octanol–water partition coefficient (Wildman–Crippen LogP) is 2.75. The van der Waals surface area contributed by atoms with Gasteiger partial charge in [0.2, 0.25) is 11.3 Å². The third kappa shape index (κ3) is 3.41. The first-order valence-corrected chi connectivity index (χ1v) is 7.87. The highest BCUT2D eigenvalue weighted by Crippen LogP contribution is 2.21. The molecule has 1 aromatic heterocycles. The molecule has 7 heteroatoms. The molecule has 2 amide bonds. The van der Waals surface area contributed by atoms with Gasteiger partial charge in [0.05, 0.1) is 18.0 Å². The van der Waals surface area contributed by atoms with E-state index in [0.29, 0.717) is 28.0 Å². The van der Waals surface area contributed by atoms with Gasteiger partial charge < -0.3 is 20.4 Å². The fraction of sp³-hybridized carbons (Fsp3) is 0.105. The van der Waals surface area contributed by atoms with Crippen LogP contribution in [0.1, 0.15) is 17.3 Å². The van der Waals surface area contributed by atoms with Gasteiger partial charge in [0.25, 0.3) is 5.91 Å². The number of amides is 2. The lowest BCUT2D eigenvalue weighted by molar-refractivity contribution is -0.114. The van der Waals surface area contributed by atoms with Crippen molar-refractivity contribution in [2.24, 2.45) is 0 Å². The van der Waals surface area contributed by atoms with E-state index in [1.54, 1.807) is 42.5 Å². The van der Waals surface area contributed by atoms with Gasteiger partial charge in [-0.05, 0) is 36.4 Å². The van der Waals surface area contributed by atoms with Crippen molar-refractivity contribution in [3.05, 3.63) is 64.4 Å². The Morgan fingerprint density at radius 1 is 1.00 bits per heavy atom. The number of benzene rings is 2. The Balaban J connectivity index is 1.87. The average Bonchev–Trinajstić information content (AvgIpc) is 2.62. The summed E-state index contributed by atoms with van der Waals surface area (Å²) in [5.41, 5.74) is 1.28. The molecule has 0 aliphatic rings. The van der Waals surface area contributed by atoms with Crippen molar-refractivity contribution in [1.29, 1.82) is 0 Å². The lowest BCUT2D eigenvalue weighted by Gasteiger charge is -2.09. The van der Waals surface area contributed by atoms with Gasteiger partial charge in [-0.1, -0.05) is 6.07 Å². The molecule has 3 N–H and O–H groups in total. The van der Waals surface area contributed by atoms with E-state index >= 15 is 0 Å². The molecule has 26 heavy (non-hydrogen) atoms. The number of carbonyl (C=O) groups excluding carboxylic acids is 2. The van der Waals surface area contributed by atoms with Crippen LogP contribution in [0.3, 0.4) is 0 Å². The van der Waals surface area contributed by atoms with Crippen LogP contribution in [0.2, 0.25) is 0 Å². The number of anilines is 2. The molecular formula is C19H17N3O4. The topological polar surface area (TPSA) is 100 Å². The Morgan fingerprint density at radius 3 is 2.27 bits per heavy atom. The fourth-order valence-electron chi connectivity index (χ4n) is 2.60. The Bertz CT molecular complexity index is 1040. The summed E-state index contributed by atoms with van der Waals surface area (Å²) in [7, 11) is 1.51. The fourth-order valence-corrected chi connectivity index (χ4v) is 2.60. The Morgan fingerprint density at radius 2 is 1.65 bits per heavy atom. The zero-order chi connectivity index (χ0) is 18.7. The number of nitrogens with one attached hydrogen (secondary N) is 3. The van der Waals surface area contributed by atoms with Crippen LogP contribution >= 0.6 is 0 Å². The van der Waals surface area contributed by atoms with Crippen molar-refractivity contribution in [1.82, 2.24) is 4.98 Å². The molecule has 0 aliphatic carbocycles. The van der Waals surface area contributed by atoms with Crippen LogP contribution in [-0.4, -0.2) is 23.9 Å². The zero-order valence-corrected chi connectivity index (χ0v) is 14.3. The molecule has 0 radical (unpaired) electrons. The van der Waals surface area contributed by atoms with Crippen LogP contribution in [0.15, 0.2) is 53.5 Å². The minimum atomic E-state index is -0.525. The number of carbonyl (C=O) groups is 2. The first kappa shape index (κ1) is 17.2. The van der Waals surface area contributed by atoms with E-state index in [-0.39, 0.29) is 16.9 Å². The second-order valence-electron chi connectivity index (χ2n) is 5.63. The SMILES string of the molecule is COc1cccc2c(=O)c(C(=O)Nc3ccc(NC(C)=O)cc3)c[nH]c12. The largest absolute Gasteiger partial charge is 0.495 e. The molecule has 0 atom stereocenters. The number of fused-ring (bicyclic) bond motifs is 1. The van der Waals surface area contributed by atoms with Gasteiger partial charge in [0.1, 0.15) is 11.3 Å². The molecule has 1 heterocycles. The van der Waals surface area contributed by atoms with Crippen LogP contribution in [0.25, 0.3) is 10.9 Å². The molecule has 0 aliphatic heterocycles. The number of hydrogen-bond acceptors (Lipinski definition) is 4. The van der Waals surface area contributed by atoms with Crippen LogP contribution in [0.4, 0.5) is 11.4 Å². The molecule has 0 saturated carbocycles. The highest BCUT2D eigenvalue weighted by molar-refractivity contribution is 6.06. The van der Waals surface area contributed by atoms with E-state index in [1.807, 2.05) is 0 Å². The summed E-state index contributed by atoms with van der Waals surface area (Å²) in [6.45, 7) is 1.41. The van der Waals surface area contributed by atoms with E-state index in [0.717, 1.165) is 0 Å². The van der Waals surface area contributed by atoms with Crippen molar-refractivity contribution >= 4 is 34.1 Å². The van der Waals surface area contributed by atoms with Gasteiger partial charge in [0.15, 0.2) is 0 Å². The smallest absolute Gasteiger partial charge is 0.261 e. The number of para-hydroxylation sites is 1. The first-order valence-electron chi connectivity index (χ1n) is 7.87. The number of aromatic amines is 1. The zero-order valence-electron chi connectivity index (χ0n) is 14.3. The maximum Gasteiger partial charge on any atom is 0.261 e. The Labute approximate surface area is 149 Å². The molecule has 3 rings (SSSR count). The minimum absolute atomic E-state index is 0.00306. The average molecular weight is 351 g/mol. The number of H-pyrrole nitrogens is 1. The van der Waals surface area contributed by atoms with E-state index in [2.05, 4.69) is 15.6 Å². The molecule has 132 valence electrons. The maximum atomic E-state index is 12.6. The second kappa shape index (κ2) is 7.10. The van der Waals surface area contributed by atoms with Gasteiger partial charge in [-0.25, -0.2) is 0 Å². The number of pyridine rings is 1. The van der Waals surface area contributed by atoms with Crippen LogP contribution in [-0.2, 0) is 4.79 Å². The third-order valence-electron chi connectivity index (χ3n) is 3.80. The van der Waals surface area contributed by atoms with Gasteiger partial charge in [0, 0.05) is 24.5 Å². The Kier molecular flexibility index (Phi) is 4.70. The summed E-state index contributed by atoms with van der Waals surface area (Å²) in [5, 5.41) is 5.68. The maximum absolute atomic E-state index is 12.6. The summed E-state index contributed by atoms with van der Waals surface area (Å²) in [6, 6.07) is 11.7. The molecule has 7 nitrogen and oxygen atoms in total. The molecule has 0 fully saturated rings. The molecule has 3 aromatic rings. The van der Waals surface area contributed by atoms with Crippen LogP contribution in [0.5, 0.6) is 5.75 Å². The normalized spacial score (nSPS) is 10.4. The van der Waals surface area contributed by atoms with Crippen LogP contribution < -0.4 is 20.8 Å². The summed E-state index contributed by atoms with van der Waals surface area (Å²) in [4.78, 5) is 39.1. The summed E-state index contributed by atoms with van der Waals surface area (Å²) < 4.78 is 5.22. The van der Waals surface area contributed by atoms with Gasteiger partial charge >= 0.3 is 0 Å². The highest BCUT2D eigenvalue weighted by Gasteiger charge is 2.15.